The molecule has 1 aromatic rings. The monoisotopic (exact) mass is 354 g/mol. The van der Waals surface area contributed by atoms with Crippen LogP contribution in [0.1, 0.15) is 36.0 Å². The van der Waals surface area contributed by atoms with Crippen molar-refractivity contribution in [2.45, 2.75) is 31.7 Å². The molecule has 0 spiro atoms. The van der Waals surface area contributed by atoms with Crippen LogP contribution >= 0.6 is 15.9 Å². The van der Waals surface area contributed by atoms with Gasteiger partial charge in [-0.25, -0.2) is 4.39 Å². The molecule has 2 heterocycles. The Balaban J connectivity index is 1.73. The number of halogens is 2. The van der Waals surface area contributed by atoms with E-state index in [1.165, 1.54) is 18.9 Å². The Morgan fingerprint density at radius 2 is 1.95 bits per heavy atom. The van der Waals surface area contributed by atoms with E-state index in [2.05, 4.69) is 20.8 Å². The molecule has 21 heavy (non-hydrogen) atoms. The van der Waals surface area contributed by atoms with Gasteiger partial charge in [0.25, 0.3) is 5.91 Å². The van der Waals surface area contributed by atoms with Crippen molar-refractivity contribution in [1.29, 1.82) is 0 Å². The summed E-state index contributed by atoms with van der Waals surface area (Å²) in [6, 6.07) is 5.12. The number of nitrogens with zero attached hydrogens (tertiary/aromatic N) is 2. The van der Waals surface area contributed by atoms with Gasteiger partial charge in [0, 0.05) is 19.1 Å². The molecule has 0 bridgehead atoms. The highest BCUT2D eigenvalue weighted by Gasteiger charge is 2.30. The lowest BCUT2D eigenvalue weighted by atomic mass is 10.0. The lowest BCUT2D eigenvalue weighted by molar-refractivity contribution is 0.0606. The zero-order valence-corrected chi connectivity index (χ0v) is 13.6. The van der Waals surface area contributed by atoms with Crippen molar-refractivity contribution in [3.8, 4) is 0 Å². The second kappa shape index (κ2) is 6.44. The van der Waals surface area contributed by atoms with E-state index in [9.17, 15) is 9.18 Å². The fourth-order valence-electron chi connectivity index (χ4n) is 3.38. The molecule has 114 valence electrons. The summed E-state index contributed by atoms with van der Waals surface area (Å²) in [6.07, 6.45) is 4.72. The summed E-state index contributed by atoms with van der Waals surface area (Å²) in [5.74, 6) is -0.445. The minimum Gasteiger partial charge on any atom is -0.337 e. The first-order valence-electron chi connectivity index (χ1n) is 7.64. The molecule has 0 N–H and O–H groups in total. The first-order valence-corrected chi connectivity index (χ1v) is 8.43. The number of carbonyl (C=O) groups excluding carboxylic acids is 1. The third-order valence-electron chi connectivity index (χ3n) is 4.52. The van der Waals surface area contributed by atoms with Crippen molar-refractivity contribution in [3.05, 3.63) is 34.1 Å². The summed E-state index contributed by atoms with van der Waals surface area (Å²) in [6.45, 7) is 3.83. The van der Waals surface area contributed by atoms with E-state index in [0.717, 1.165) is 39.0 Å². The Morgan fingerprint density at radius 3 is 2.71 bits per heavy atom. The van der Waals surface area contributed by atoms with E-state index in [1.807, 2.05) is 4.90 Å². The predicted molar refractivity (Wildman–Crippen MR) is 83.8 cm³/mol. The number of carbonyl (C=O) groups is 1. The van der Waals surface area contributed by atoms with Crippen LogP contribution in [-0.4, -0.2) is 47.9 Å². The van der Waals surface area contributed by atoms with Crippen LogP contribution < -0.4 is 0 Å². The molecule has 2 fully saturated rings. The second-order valence-corrected chi connectivity index (χ2v) is 6.68. The number of amides is 1. The lowest BCUT2D eigenvalue weighted by Crippen LogP contribution is -2.49. The molecule has 3 nitrogen and oxygen atoms in total. The summed E-state index contributed by atoms with van der Waals surface area (Å²) < 4.78 is 13.9. The Kier molecular flexibility index (Phi) is 4.60. The lowest BCUT2D eigenvalue weighted by Gasteiger charge is -2.37. The zero-order chi connectivity index (χ0) is 14.8. The second-order valence-electron chi connectivity index (χ2n) is 5.89. The smallest absolute Gasteiger partial charge is 0.255 e. The van der Waals surface area contributed by atoms with Crippen LogP contribution in [0.15, 0.2) is 22.7 Å². The number of rotatable bonds is 2. The largest absolute Gasteiger partial charge is 0.337 e. The van der Waals surface area contributed by atoms with Gasteiger partial charge >= 0.3 is 0 Å². The molecular formula is C16H20BrFN2O. The summed E-state index contributed by atoms with van der Waals surface area (Å²) in [5, 5.41) is 0. The molecule has 1 aromatic carbocycles. The zero-order valence-electron chi connectivity index (χ0n) is 12.0. The molecule has 2 saturated heterocycles. The van der Waals surface area contributed by atoms with Crippen molar-refractivity contribution in [3.63, 3.8) is 0 Å². The fraction of sp³-hybridized carbons (Fsp3) is 0.562. The van der Waals surface area contributed by atoms with Gasteiger partial charge in [-0.2, -0.15) is 0 Å². The molecule has 5 heteroatoms. The minimum atomic E-state index is -0.381. The molecule has 2 aliphatic rings. The van der Waals surface area contributed by atoms with Crippen LogP contribution in [-0.2, 0) is 0 Å². The van der Waals surface area contributed by atoms with Gasteiger partial charge in [0.15, 0.2) is 0 Å². The maximum atomic E-state index is 13.6. The van der Waals surface area contributed by atoms with Crippen LogP contribution in [0, 0.1) is 5.82 Å². The molecule has 0 aromatic heterocycles. The Labute approximate surface area is 133 Å². The highest BCUT2D eigenvalue weighted by Crippen LogP contribution is 2.25. The molecule has 1 unspecified atom stereocenters. The van der Waals surface area contributed by atoms with E-state index >= 15 is 0 Å². The fourth-order valence-corrected chi connectivity index (χ4v) is 3.82. The molecule has 1 amide bonds. The number of piperidine rings is 1. The maximum Gasteiger partial charge on any atom is 0.255 e. The maximum absolute atomic E-state index is 13.6. The summed E-state index contributed by atoms with van der Waals surface area (Å²) in [5.41, 5.74) is 0.428. The number of hydrogen-bond donors (Lipinski definition) is 0. The topological polar surface area (TPSA) is 23.6 Å². The van der Waals surface area contributed by atoms with Crippen LogP contribution in [0.3, 0.4) is 0 Å². The normalized spacial score (nSPS) is 23.5. The van der Waals surface area contributed by atoms with Crippen molar-refractivity contribution >= 4 is 21.8 Å². The first-order chi connectivity index (χ1) is 10.2. The van der Waals surface area contributed by atoms with E-state index in [4.69, 9.17) is 0 Å². The summed E-state index contributed by atoms with van der Waals surface area (Å²) in [4.78, 5) is 17.0. The molecule has 0 aliphatic carbocycles. The van der Waals surface area contributed by atoms with Crippen molar-refractivity contribution in [1.82, 2.24) is 9.80 Å². The number of hydrogen-bond acceptors (Lipinski definition) is 2. The Hall–Kier alpha value is -0.940. The van der Waals surface area contributed by atoms with Crippen molar-refractivity contribution in [2.75, 3.05) is 26.2 Å². The highest BCUT2D eigenvalue weighted by molar-refractivity contribution is 9.10. The van der Waals surface area contributed by atoms with E-state index < -0.39 is 0 Å². The first kappa shape index (κ1) is 15.0. The van der Waals surface area contributed by atoms with Gasteiger partial charge in [0.05, 0.1) is 10.0 Å². The van der Waals surface area contributed by atoms with Crippen LogP contribution in [0.5, 0.6) is 0 Å². The molecular weight excluding hydrogens is 335 g/mol. The van der Waals surface area contributed by atoms with E-state index in [1.54, 1.807) is 12.1 Å². The predicted octanol–water partition coefficient (Wildman–Crippen LogP) is 3.29. The number of benzene rings is 1. The van der Waals surface area contributed by atoms with Gasteiger partial charge in [-0.05, 0) is 66.8 Å². The third kappa shape index (κ3) is 3.14. The van der Waals surface area contributed by atoms with Gasteiger partial charge in [0.1, 0.15) is 5.82 Å². The molecule has 2 aliphatic heterocycles. The van der Waals surface area contributed by atoms with Gasteiger partial charge in [0.2, 0.25) is 0 Å². The van der Waals surface area contributed by atoms with Crippen LogP contribution in [0.4, 0.5) is 4.39 Å². The SMILES string of the molecule is O=C(c1cccc(F)c1Br)N1CCCC(N2CCCC2)C1. The van der Waals surface area contributed by atoms with Gasteiger partial charge < -0.3 is 4.90 Å². The Morgan fingerprint density at radius 1 is 1.19 bits per heavy atom. The van der Waals surface area contributed by atoms with Crippen molar-refractivity contribution < 1.29 is 9.18 Å². The molecule has 0 saturated carbocycles. The standard InChI is InChI=1S/C16H20BrFN2O/c17-15-13(6-3-7-14(15)18)16(21)20-10-4-5-12(11-20)19-8-1-2-9-19/h3,6-7,12H,1-2,4-5,8-11H2. The van der Waals surface area contributed by atoms with Crippen LogP contribution in [0.2, 0.25) is 0 Å². The van der Waals surface area contributed by atoms with Gasteiger partial charge in [-0.1, -0.05) is 6.07 Å². The van der Waals surface area contributed by atoms with Gasteiger partial charge in [-0.3, -0.25) is 9.69 Å². The molecule has 0 radical (unpaired) electrons. The number of likely N-dealkylation sites (tertiary alicyclic amines) is 2. The van der Waals surface area contributed by atoms with E-state index in [-0.39, 0.29) is 16.2 Å². The van der Waals surface area contributed by atoms with E-state index in [0.29, 0.717) is 11.6 Å². The van der Waals surface area contributed by atoms with Crippen LogP contribution in [0.25, 0.3) is 0 Å². The summed E-state index contributed by atoms with van der Waals surface area (Å²) in [7, 11) is 0. The highest BCUT2D eigenvalue weighted by atomic mass is 79.9. The minimum absolute atomic E-state index is 0.0646. The average Bonchev–Trinajstić information content (AvgIpc) is 3.04. The summed E-state index contributed by atoms with van der Waals surface area (Å²) >= 11 is 3.20. The Bertz CT molecular complexity index is 531. The van der Waals surface area contributed by atoms with Crippen molar-refractivity contribution in [2.24, 2.45) is 0 Å². The molecule has 3 rings (SSSR count). The molecule has 1 atom stereocenters. The average molecular weight is 355 g/mol. The third-order valence-corrected chi connectivity index (χ3v) is 5.33. The van der Waals surface area contributed by atoms with Gasteiger partial charge in [-0.15, -0.1) is 0 Å². The quantitative estimate of drug-likeness (QED) is 0.813.